The zero-order chi connectivity index (χ0) is 22.6. The Labute approximate surface area is 180 Å². The number of rotatable bonds is 7. The quantitative estimate of drug-likeness (QED) is 0.542. The average Bonchev–Trinajstić information content (AvgIpc) is 2.75. The van der Waals surface area contributed by atoms with Crippen LogP contribution in [0.3, 0.4) is 0 Å². The van der Waals surface area contributed by atoms with Gasteiger partial charge in [0.15, 0.2) is 5.78 Å². The van der Waals surface area contributed by atoms with Crippen molar-refractivity contribution >= 4 is 27.4 Å². The number of ketones is 1. The van der Waals surface area contributed by atoms with Crippen LogP contribution < -0.4 is 10.0 Å². The van der Waals surface area contributed by atoms with Gasteiger partial charge in [-0.25, -0.2) is 17.5 Å². The topological polar surface area (TPSA) is 92.3 Å². The van der Waals surface area contributed by atoms with Gasteiger partial charge in [-0.2, -0.15) is 0 Å². The second-order valence-corrected chi connectivity index (χ2v) is 8.81. The first-order chi connectivity index (χ1) is 14.7. The summed E-state index contributed by atoms with van der Waals surface area (Å²) in [4.78, 5) is 23.7. The van der Waals surface area contributed by atoms with Crippen LogP contribution in [0.1, 0.15) is 38.8 Å². The van der Waals surface area contributed by atoms with Gasteiger partial charge in [0.05, 0.1) is 10.6 Å². The number of amides is 1. The zero-order valence-electron chi connectivity index (χ0n) is 17.0. The van der Waals surface area contributed by atoms with E-state index in [1.54, 1.807) is 31.2 Å². The van der Waals surface area contributed by atoms with E-state index < -0.39 is 21.7 Å². The third kappa shape index (κ3) is 5.62. The molecule has 0 aliphatic carbocycles. The normalized spacial score (nSPS) is 11.2. The van der Waals surface area contributed by atoms with Crippen molar-refractivity contribution in [1.29, 1.82) is 0 Å². The van der Waals surface area contributed by atoms with Crippen molar-refractivity contribution in [1.82, 2.24) is 4.72 Å². The smallest absolute Gasteiger partial charge is 0.255 e. The van der Waals surface area contributed by atoms with Crippen LogP contribution in [0.25, 0.3) is 0 Å². The summed E-state index contributed by atoms with van der Waals surface area (Å²) >= 11 is 0. The molecule has 0 radical (unpaired) electrons. The standard InChI is InChI=1S/C23H21FN2O4S/c1-15-3-12-21(24)22(13-15)26-23(28)19-6-4-17(5-7-19)14-25-31(29,30)20-10-8-18(9-11-20)16(2)27/h3-13,25H,14H2,1-2H3,(H,26,28). The minimum Gasteiger partial charge on any atom is -0.319 e. The van der Waals surface area contributed by atoms with Crippen LogP contribution in [0.5, 0.6) is 0 Å². The minimum absolute atomic E-state index is 0.0190. The highest BCUT2D eigenvalue weighted by molar-refractivity contribution is 7.89. The Morgan fingerprint density at radius 3 is 2.13 bits per heavy atom. The lowest BCUT2D eigenvalue weighted by molar-refractivity contribution is 0.101. The number of anilines is 1. The van der Waals surface area contributed by atoms with E-state index in [4.69, 9.17) is 0 Å². The lowest BCUT2D eigenvalue weighted by atomic mass is 10.1. The van der Waals surface area contributed by atoms with Gasteiger partial charge in [-0.3, -0.25) is 9.59 Å². The van der Waals surface area contributed by atoms with Crippen LogP contribution in [0.2, 0.25) is 0 Å². The van der Waals surface area contributed by atoms with Crippen LogP contribution in [-0.2, 0) is 16.6 Å². The Kier molecular flexibility index (Phi) is 6.62. The largest absolute Gasteiger partial charge is 0.319 e. The molecule has 0 bridgehead atoms. The van der Waals surface area contributed by atoms with Crippen LogP contribution in [0.4, 0.5) is 10.1 Å². The fourth-order valence-corrected chi connectivity index (χ4v) is 3.85. The van der Waals surface area contributed by atoms with Gasteiger partial charge in [0.2, 0.25) is 10.0 Å². The third-order valence-corrected chi connectivity index (χ3v) is 6.04. The van der Waals surface area contributed by atoms with Gasteiger partial charge in [-0.05, 0) is 61.4 Å². The summed E-state index contributed by atoms with van der Waals surface area (Å²) in [6.45, 7) is 3.22. The van der Waals surface area contributed by atoms with Crippen molar-refractivity contribution in [2.75, 3.05) is 5.32 Å². The molecule has 0 aromatic heterocycles. The molecule has 31 heavy (non-hydrogen) atoms. The SMILES string of the molecule is CC(=O)c1ccc(S(=O)(=O)NCc2ccc(C(=O)Nc3cc(C)ccc3F)cc2)cc1. The van der Waals surface area contributed by atoms with E-state index in [1.165, 1.54) is 49.4 Å². The van der Waals surface area contributed by atoms with Crippen molar-refractivity contribution in [3.63, 3.8) is 0 Å². The molecule has 0 unspecified atom stereocenters. The van der Waals surface area contributed by atoms with Gasteiger partial charge in [0, 0.05) is 17.7 Å². The second kappa shape index (κ2) is 9.20. The molecule has 1 amide bonds. The van der Waals surface area contributed by atoms with Gasteiger partial charge in [-0.15, -0.1) is 0 Å². The summed E-state index contributed by atoms with van der Waals surface area (Å²) in [5.74, 6) is -1.14. The molecule has 0 aliphatic heterocycles. The lowest BCUT2D eigenvalue weighted by Gasteiger charge is -2.09. The molecule has 3 rings (SSSR count). The average molecular weight is 440 g/mol. The van der Waals surface area contributed by atoms with Crippen molar-refractivity contribution in [2.45, 2.75) is 25.3 Å². The van der Waals surface area contributed by atoms with Crippen molar-refractivity contribution in [3.8, 4) is 0 Å². The highest BCUT2D eigenvalue weighted by Gasteiger charge is 2.15. The first-order valence-corrected chi connectivity index (χ1v) is 10.9. The Hall–Kier alpha value is -3.36. The van der Waals surface area contributed by atoms with Crippen LogP contribution >= 0.6 is 0 Å². The third-order valence-electron chi connectivity index (χ3n) is 4.62. The Bertz CT molecular complexity index is 1220. The number of sulfonamides is 1. The zero-order valence-corrected chi connectivity index (χ0v) is 17.8. The first kappa shape index (κ1) is 22.3. The molecule has 2 N–H and O–H groups in total. The molecule has 0 saturated carbocycles. The van der Waals surface area contributed by atoms with Crippen LogP contribution in [0, 0.1) is 12.7 Å². The first-order valence-electron chi connectivity index (χ1n) is 9.43. The molecule has 3 aromatic carbocycles. The number of benzene rings is 3. The van der Waals surface area contributed by atoms with Gasteiger partial charge in [0.25, 0.3) is 5.91 Å². The molecule has 0 fully saturated rings. The predicted octanol–water partition coefficient (Wildman–Crippen LogP) is 4.07. The highest BCUT2D eigenvalue weighted by atomic mass is 32.2. The number of aryl methyl sites for hydroxylation is 1. The van der Waals surface area contributed by atoms with E-state index in [0.717, 1.165) is 5.56 Å². The maximum absolute atomic E-state index is 13.8. The second-order valence-electron chi connectivity index (χ2n) is 7.04. The van der Waals surface area contributed by atoms with E-state index in [2.05, 4.69) is 10.0 Å². The molecule has 160 valence electrons. The van der Waals surface area contributed by atoms with Gasteiger partial charge in [0.1, 0.15) is 5.82 Å². The summed E-state index contributed by atoms with van der Waals surface area (Å²) in [7, 11) is -3.76. The number of carbonyl (C=O) groups is 2. The number of halogens is 1. The van der Waals surface area contributed by atoms with Crippen molar-refractivity contribution in [3.05, 3.63) is 94.8 Å². The van der Waals surface area contributed by atoms with Crippen molar-refractivity contribution in [2.24, 2.45) is 0 Å². The van der Waals surface area contributed by atoms with Crippen molar-refractivity contribution < 1.29 is 22.4 Å². The summed E-state index contributed by atoms with van der Waals surface area (Å²) in [5, 5.41) is 2.53. The van der Waals surface area contributed by atoms with Crippen LogP contribution in [-0.4, -0.2) is 20.1 Å². The summed E-state index contributed by atoms with van der Waals surface area (Å²) in [5.41, 5.74) is 2.29. The van der Waals surface area contributed by atoms with Gasteiger partial charge < -0.3 is 5.32 Å². The molecule has 0 aliphatic rings. The number of carbonyl (C=O) groups excluding carboxylic acids is 2. The maximum Gasteiger partial charge on any atom is 0.255 e. The monoisotopic (exact) mass is 440 g/mol. The Morgan fingerprint density at radius 1 is 0.903 bits per heavy atom. The predicted molar refractivity (Wildman–Crippen MR) is 116 cm³/mol. The number of nitrogens with one attached hydrogen (secondary N) is 2. The summed E-state index contributed by atoms with van der Waals surface area (Å²) in [6, 6.07) is 16.4. The molecule has 0 spiro atoms. The Morgan fingerprint density at radius 2 is 1.52 bits per heavy atom. The molecular weight excluding hydrogens is 419 g/mol. The lowest BCUT2D eigenvalue weighted by Crippen LogP contribution is -2.23. The summed E-state index contributed by atoms with van der Waals surface area (Å²) < 4.78 is 41.2. The fourth-order valence-electron chi connectivity index (χ4n) is 2.83. The number of hydrogen-bond acceptors (Lipinski definition) is 4. The molecule has 3 aromatic rings. The molecule has 0 saturated heterocycles. The van der Waals surface area contributed by atoms with Gasteiger partial charge >= 0.3 is 0 Å². The molecule has 0 heterocycles. The summed E-state index contributed by atoms with van der Waals surface area (Å²) in [6.07, 6.45) is 0. The number of Topliss-reactive ketones (excluding diaryl/α,β-unsaturated/α-hetero) is 1. The van der Waals surface area contributed by atoms with E-state index in [1.807, 2.05) is 0 Å². The van der Waals surface area contributed by atoms with Gasteiger partial charge in [-0.1, -0.05) is 30.3 Å². The molecule has 8 heteroatoms. The van der Waals surface area contributed by atoms with Crippen LogP contribution in [0.15, 0.2) is 71.6 Å². The molecule has 6 nitrogen and oxygen atoms in total. The Balaban J connectivity index is 1.64. The minimum atomic E-state index is -3.76. The fraction of sp³-hybridized carbons (Fsp3) is 0.130. The molecular formula is C23H21FN2O4S. The number of hydrogen-bond donors (Lipinski definition) is 2. The van der Waals surface area contributed by atoms with E-state index in [-0.39, 0.29) is 22.9 Å². The van der Waals surface area contributed by atoms with E-state index in [9.17, 15) is 22.4 Å². The van der Waals surface area contributed by atoms with E-state index >= 15 is 0 Å². The highest BCUT2D eigenvalue weighted by Crippen LogP contribution is 2.17. The van der Waals surface area contributed by atoms with E-state index in [0.29, 0.717) is 16.7 Å². The molecule has 0 atom stereocenters. The maximum atomic E-state index is 13.8.